The number of hydrogen-bond acceptors (Lipinski definition) is 6. The Hall–Kier alpha value is -1.22. The molecule has 2 aromatic carbocycles. The van der Waals surface area contributed by atoms with Crippen molar-refractivity contribution in [3.8, 4) is 5.75 Å². The Morgan fingerprint density at radius 2 is 1.65 bits per heavy atom. The smallest absolute Gasteiger partial charge is 0.229 e. The Bertz CT molecular complexity index is 691. The normalized spacial score (nSPS) is 31.3. The van der Waals surface area contributed by atoms with E-state index >= 15 is 0 Å². The molecule has 0 radical (unpaired) electrons. The summed E-state index contributed by atoms with van der Waals surface area (Å²) in [7, 11) is 0. The second-order valence-corrected chi connectivity index (χ2v) is 6.38. The SMILES string of the molecule is OC[C@H]1O[C@H](Oc2ccc3cc(Br)ccc3c2)[C@H](O)C(O)[C@@H]1O. The summed E-state index contributed by atoms with van der Waals surface area (Å²) in [4.78, 5) is 0. The van der Waals surface area contributed by atoms with E-state index in [2.05, 4.69) is 15.9 Å². The molecule has 0 aliphatic carbocycles. The maximum atomic E-state index is 9.98. The molecule has 1 aliphatic heterocycles. The standard InChI is InChI=1S/C16H17BrO6/c17-10-3-1-9-6-11(4-2-8(9)5-10)22-16-15(21)14(20)13(19)12(7-18)23-16/h1-6,12-16,18-21H,7H2/t12-,13-,14?,15-,16+/m1/s1. The zero-order chi connectivity index (χ0) is 16.6. The minimum absolute atomic E-state index is 0.448. The topological polar surface area (TPSA) is 99.4 Å². The van der Waals surface area contributed by atoms with Crippen LogP contribution in [0.25, 0.3) is 10.8 Å². The third-order valence-electron chi connectivity index (χ3n) is 3.87. The number of aliphatic hydroxyl groups excluding tert-OH is 4. The van der Waals surface area contributed by atoms with Gasteiger partial charge in [-0.25, -0.2) is 0 Å². The van der Waals surface area contributed by atoms with Crippen molar-refractivity contribution >= 4 is 26.7 Å². The predicted octanol–water partition coefficient (Wildman–Crippen LogP) is 0.781. The molecular formula is C16H17BrO6. The van der Waals surface area contributed by atoms with Gasteiger partial charge in [-0.2, -0.15) is 0 Å². The summed E-state index contributed by atoms with van der Waals surface area (Å²) >= 11 is 3.41. The van der Waals surface area contributed by atoms with E-state index in [1.807, 2.05) is 24.3 Å². The summed E-state index contributed by atoms with van der Waals surface area (Å²) in [5.74, 6) is 0.448. The molecule has 1 fully saturated rings. The summed E-state index contributed by atoms with van der Waals surface area (Å²) < 4.78 is 11.9. The van der Waals surface area contributed by atoms with Crippen LogP contribution < -0.4 is 4.74 Å². The van der Waals surface area contributed by atoms with Crippen LogP contribution in [0.15, 0.2) is 40.9 Å². The van der Waals surface area contributed by atoms with Crippen molar-refractivity contribution in [3.05, 3.63) is 40.9 Å². The zero-order valence-electron chi connectivity index (χ0n) is 12.0. The molecule has 1 heterocycles. The van der Waals surface area contributed by atoms with Gasteiger partial charge in [0, 0.05) is 4.47 Å². The second-order valence-electron chi connectivity index (χ2n) is 5.47. The molecule has 1 unspecified atom stereocenters. The van der Waals surface area contributed by atoms with Gasteiger partial charge in [0.1, 0.15) is 30.2 Å². The minimum atomic E-state index is -1.46. The minimum Gasteiger partial charge on any atom is -0.462 e. The Kier molecular flexibility index (Phi) is 4.86. The molecule has 0 amide bonds. The second kappa shape index (κ2) is 6.72. The van der Waals surface area contributed by atoms with E-state index in [1.165, 1.54) is 0 Å². The average Bonchev–Trinajstić information content (AvgIpc) is 2.55. The Morgan fingerprint density at radius 1 is 0.957 bits per heavy atom. The van der Waals surface area contributed by atoms with Crippen molar-refractivity contribution in [3.63, 3.8) is 0 Å². The van der Waals surface area contributed by atoms with Gasteiger partial charge in [0.15, 0.2) is 0 Å². The van der Waals surface area contributed by atoms with Crippen LogP contribution in [-0.4, -0.2) is 57.7 Å². The van der Waals surface area contributed by atoms with E-state index in [1.54, 1.807) is 12.1 Å². The monoisotopic (exact) mass is 384 g/mol. The fourth-order valence-corrected chi connectivity index (χ4v) is 2.95. The van der Waals surface area contributed by atoms with Crippen LogP contribution in [0.3, 0.4) is 0 Å². The molecule has 0 spiro atoms. The number of halogens is 1. The van der Waals surface area contributed by atoms with Crippen molar-refractivity contribution < 1.29 is 29.9 Å². The Balaban J connectivity index is 1.81. The van der Waals surface area contributed by atoms with E-state index in [0.29, 0.717) is 5.75 Å². The molecule has 7 heteroatoms. The number of benzene rings is 2. The highest BCUT2D eigenvalue weighted by Gasteiger charge is 2.44. The summed E-state index contributed by atoms with van der Waals surface area (Å²) in [6, 6.07) is 11.1. The summed E-state index contributed by atoms with van der Waals surface area (Å²) in [6.45, 7) is -0.490. The first kappa shape index (κ1) is 16.6. The van der Waals surface area contributed by atoms with E-state index in [9.17, 15) is 20.4 Å². The summed E-state index contributed by atoms with van der Waals surface area (Å²) in [6.07, 6.45) is -6.45. The predicted molar refractivity (Wildman–Crippen MR) is 86.0 cm³/mol. The van der Waals surface area contributed by atoms with E-state index in [-0.39, 0.29) is 0 Å². The van der Waals surface area contributed by atoms with Crippen molar-refractivity contribution in [2.45, 2.75) is 30.7 Å². The zero-order valence-corrected chi connectivity index (χ0v) is 13.6. The molecule has 0 aromatic heterocycles. The number of hydrogen-bond donors (Lipinski definition) is 4. The fourth-order valence-electron chi connectivity index (χ4n) is 2.57. The fraction of sp³-hybridized carbons (Fsp3) is 0.375. The van der Waals surface area contributed by atoms with Gasteiger partial charge in [-0.1, -0.05) is 28.1 Å². The van der Waals surface area contributed by atoms with Crippen LogP contribution in [0.1, 0.15) is 0 Å². The summed E-state index contributed by atoms with van der Waals surface area (Å²) in [5, 5.41) is 40.6. The van der Waals surface area contributed by atoms with Crippen LogP contribution in [0.4, 0.5) is 0 Å². The van der Waals surface area contributed by atoms with Crippen molar-refractivity contribution in [2.24, 2.45) is 0 Å². The van der Waals surface area contributed by atoms with Crippen LogP contribution in [0.5, 0.6) is 5.75 Å². The number of rotatable bonds is 3. The lowest BCUT2D eigenvalue weighted by Gasteiger charge is -2.39. The largest absolute Gasteiger partial charge is 0.462 e. The maximum Gasteiger partial charge on any atom is 0.229 e. The highest BCUT2D eigenvalue weighted by molar-refractivity contribution is 9.10. The van der Waals surface area contributed by atoms with Gasteiger partial charge in [-0.05, 0) is 35.0 Å². The summed E-state index contributed by atoms with van der Waals surface area (Å²) in [5.41, 5.74) is 0. The van der Waals surface area contributed by atoms with Crippen molar-refractivity contribution in [1.82, 2.24) is 0 Å². The highest BCUT2D eigenvalue weighted by atomic mass is 79.9. The Labute approximate surface area is 141 Å². The van der Waals surface area contributed by atoms with E-state index in [0.717, 1.165) is 15.2 Å². The molecule has 1 aliphatic rings. The first-order valence-electron chi connectivity index (χ1n) is 7.16. The first-order valence-corrected chi connectivity index (χ1v) is 7.95. The van der Waals surface area contributed by atoms with Gasteiger partial charge in [-0.15, -0.1) is 0 Å². The van der Waals surface area contributed by atoms with Gasteiger partial charge in [0.2, 0.25) is 6.29 Å². The third-order valence-corrected chi connectivity index (χ3v) is 4.37. The quantitative estimate of drug-likeness (QED) is 0.624. The maximum absolute atomic E-state index is 9.98. The van der Waals surface area contributed by atoms with Gasteiger partial charge in [0.25, 0.3) is 0 Å². The molecule has 6 nitrogen and oxygen atoms in total. The lowest BCUT2D eigenvalue weighted by atomic mass is 9.99. The number of aliphatic hydroxyl groups is 4. The average molecular weight is 385 g/mol. The lowest BCUT2D eigenvalue weighted by molar-refractivity contribution is -0.277. The van der Waals surface area contributed by atoms with Crippen LogP contribution in [0, 0.1) is 0 Å². The van der Waals surface area contributed by atoms with Crippen LogP contribution >= 0.6 is 15.9 Å². The van der Waals surface area contributed by atoms with Gasteiger partial charge >= 0.3 is 0 Å². The van der Waals surface area contributed by atoms with Crippen molar-refractivity contribution in [1.29, 1.82) is 0 Å². The molecule has 124 valence electrons. The van der Waals surface area contributed by atoms with E-state index < -0.39 is 37.3 Å². The molecule has 5 atom stereocenters. The molecule has 0 saturated carbocycles. The molecule has 3 rings (SSSR count). The lowest BCUT2D eigenvalue weighted by Crippen LogP contribution is -2.60. The molecule has 4 N–H and O–H groups in total. The molecule has 2 aromatic rings. The Morgan fingerprint density at radius 3 is 2.39 bits per heavy atom. The molecule has 0 bridgehead atoms. The molecule has 23 heavy (non-hydrogen) atoms. The third kappa shape index (κ3) is 3.35. The molecule has 1 saturated heterocycles. The van der Waals surface area contributed by atoms with Crippen LogP contribution in [-0.2, 0) is 4.74 Å². The highest BCUT2D eigenvalue weighted by Crippen LogP contribution is 2.28. The van der Waals surface area contributed by atoms with Gasteiger partial charge in [-0.3, -0.25) is 0 Å². The number of ether oxygens (including phenoxy) is 2. The van der Waals surface area contributed by atoms with Crippen LogP contribution in [0.2, 0.25) is 0 Å². The first-order chi connectivity index (χ1) is 11.0. The molecular weight excluding hydrogens is 368 g/mol. The van der Waals surface area contributed by atoms with Gasteiger partial charge < -0.3 is 29.9 Å². The van der Waals surface area contributed by atoms with Gasteiger partial charge in [0.05, 0.1) is 6.61 Å². The van der Waals surface area contributed by atoms with E-state index in [4.69, 9.17) is 9.47 Å². The number of fused-ring (bicyclic) bond motifs is 1. The van der Waals surface area contributed by atoms with Crippen molar-refractivity contribution in [2.75, 3.05) is 6.61 Å².